The second kappa shape index (κ2) is 6.48. The lowest BCUT2D eigenvalue weighted by Gasteiger charge is -2.29. The molecule has 1 aliphatic heterocycles. The van der Waals surface area contributed by atoms with Crippen molar-refractivity contribution in [3.63, 3.8) is 0 Å². The Morgan fingerprint density at radius 3 is 2.65 bits per heavy atom. The van der Waals surface area contributed by atoms with Gasteiger partial charge in [-0.05, 0) is 31.7 Å². The van der Waals surface area contributed by atoms with Crippen molar-refractivity contribution < 1.29 is 14.3 Å². The van der Waals surface area contributed by atoms with E-state index in [1.54, 1.807) is 12.3 Å². The Hall–Kier alpha value is -1.62. The summed E-state index contributed by atoms with van der Waals surface area (Å²) < 4.78 is 11.2. The molecule has 2 heterocycles. The molecule has 0 bridgehead atoms. The Bertz CT molecular complexity index is 561. The van der Waals surface area contributed by atoms with Crippen LogP contribution in [0.2, 0.25) is 0 Å². The quantitative estimate of drug-likeness (QED) is 0.838. The molecular weight excluding hydrogens is 292 g/mol. The fourth-order valence-electron chi connectivity index (χ4n) is 3.70. The van der Waals surface area contributed by atoms with Gasteiger partial charge in [-0.2, -0.15) is 0 Å². The zero-order valence-electron chi connectivity index (χ0n) is 13.4. The summed E-state index contributed by atoms with van der Waals surface area (Å²) in [6, 6.07) is 4.48. The molecule has 23 heavy (non-hydrogen) atoms. The molecule has 0 aromatic carbocycles. The van der Waals surface area contributed by atoms with E-state index in [2.05, 4.69) is 9.88 Å². The van der Waals surface area contributed by atoms with Crippen molar-refractivity contribution in [1.29, 1.82) is 0 Å². The molecule has 0 spiro atoms. The van der Waals surface area contributed by atoms with Gasteiger partial charge in [0.15, 0.2) is 0 Å². The lowest BCUT2D eigenvalue weighted by atomic mass is 10.1. The van der Waals surface area contributed by atoms with Crippen molar-refractivity contribution in [2.24, 2.45) is 0 Å². The molecule has 4 rings (SSSR count). The number of amides is 1. The highest BCUT2D eigenvalue weighted by Crippen LogP contribution is 2.35. The van der Waals surface area contributed by atoms with Crippen LogP contribution >= 0.6 is 0 Å². The fourth-order valence-corrected chi connectivity index (χ4v) is 3.70. The molecule has 5 heteroatoms. The largest absolute Gasteiger partial charge is 0.472 e. The minimum absolute atomic E-state index is 0.0576. The van der Waals surface area contributed by atoms with Crippen molar-refractivity contribution in [2.75, 3.05) is 13.2 Å². The molecule has 0 radical (unpaired) electrons. The summed E-state index contributed by atoms with van der Waals surface area (Å²) in [7, 11) is 0. The van der Waals surface area contributed by atoms with Crippen LogP contribution in [0.15, 0.2) is 18.3 Å². The summed E-state index contributed by atoms with van der Waals surface area (Å²) >= 11 is 0. The van der Waals surface area contributed by atoms with E-state index in [9.17, 15) is 4.79 Å². The highest BCUT2D eigenvalue weighted by atomic mass is 16.5. The number of nitrogens with zero attached hydrogens (tertiary/aromatic N) is 2. The van der Waals surface area contributed by atoms with Crippen LogP contribution in [-0.4, -0.2) is 47.2 Å². The molecule has 124 valence electrons. The topological polar surface area (TPSA) is 51.7 Å². The van der Waals surface area contributed by atoms with E-state index in [0.717, 1.165) is 38.7 Å². The van der Waals surface area contributed by atoms with Gasteiger partial charge in [0.05, 0.1) is 13.2 Å². The number of ether oxygens (including phenoxy) is 2. The average molecular weight is 316 g/mol. The molecule has 1 aromatic heterocycles. The number of pyridine rings is 1. The first-order chi connectivity index (χ1) is 11.3. The summed E-state index contributed by atoms with van der Waals surface area (Å²) in [5.74, 6) is 0.683. The van der Waals surface area contributed by atoms with Gasteiger partial charge in [-0.1, -0.05) is 12.8 Å². The predicted octanol–water partition coefficient (Wildman–Crippen LogP) is 2.80. The van der Waals surface area contributed by atoms with E-state index in [0.29, 0.717) is 30.1 Å². The fraction of sp³-hybridized carbons (Fsp3) is 0.667. The van der Waals surface area contributed by atoms with Gasteiger partial charge in [-0.3, -0.25) is 4.79 Å². The number of carbonyl (C=O) groups is 1. The lowest BCUT2D eigenvalue weighted by molar-refractivity contribution is 0.0663. The van der Waals surface area contributed by atoms with Crippen LogP contribution in [0, 0.1) is 0 Å². The summed E-state index contributed by atoms with van der Waals surface area (Å²) in [6.07, 6.45) is 9.70. The summed E-state index contributed by atoms with van der Waals surface area (Å²) in [5, 5.41) is 0. The molecule has 1 atom stereocenters. The summed E-state index contributed by atoms with van der Waals surface area (Å²) in [5.41, 5.74) is 0.702. The highest BCUT2D eigenvalue weighted by molar-refractivity contribution is 5.95. The van der Waals surface area contributed by atoms with E-state index in [1.807, 2.05) is 6.07 Å². The van der Waals surface area contributed by atoms with Gasteiger partial charge < -0.3 is 14.4 Å². The van der Waals surface area contributed by atoms with Crippen LogP contribution in [0.25, 0.3) is 0 Å². The molecule has 3 fully saturated rings. The van der Waals surface area contributed by atoms with Crippen LogP contribution in [0.5, 0.6) is 5.88 Å². The van der Waals surface area contributed by atoms with Gasteiger partial charge in [-0.25, -0.2) is 4.98 Å². The van der Waals surface area contributed by atoms with Gasteiger partial charge in [0, 0.05) is 36.3 Å². The van der Waals surface area contributed by atoms with Gasteiger partial charge in [0.25, 0.3) is 5.91 Å². The molecule has 1 saturated heterocycles. The molecular formula is C18H24N2O3. The Balaban J connectivity index is 1.50. The summed E-state index contributed by atoms with van der Waals surface area (Å²) in [6.45, 7) is 1.34. The number of carbonyl (C=O) groups excluding carboxylic acids is 1. The number of aromatic nitrogens is 1. The molecule has 0 N–H and O–H groups in total. The van der Waals surface area contributed by atoms with Gasteiger partial charge in [-0.15, -0.1) is 0 Å². The number of hydrogen-bond acceptors (Lipinski definition) is 4. The monoisotopic (exact) mass is 316 g/mol. The van der Waals surface area contributed by atoms with Crippen molar-refractivity contribution in [3.8, 4) is 5.88 Å². The molecule has 1 amide bonds. The minimum Gasteiger partial charge on any atom is -0.472 e. The average Bonchev–Trinajstić information content (AvgIpc) is 3.02. The van der Waals surface area contributed by atoms with Crippen LogP contribution < -0.4 is 4.74 Å². The van der Waals surface area contributed by atoms with E-state index < -0.39 is 0 Å². The van der Waals surface area contributed by atoms with Crippen LogP contribution in [-0.2, 0) is 4.74 Å². The lowest BCUT2D eigenvalue weighted by Crippen LogP contribution is -2.40. The second-order valence-corrected chi connectivity index (χ2v) is 6.87. The maximum Gasteiger partial charge on any atom is 0.254 e. The molecule has 2 aliphatic carbocycles. The van der Waals surface area contributed by atoms with Crippen molar-refractivity contribution >= 4 is 5.91 Å². The zero-order chi connectivity index (χ0) is 15.6. The predicted molar refractivity (Wildman–Crippen MR) is 85.5 cm³/mol. The van der Waals surface area contributed by atoms with E-state index in [4.69, 9.17) is 9.47 Å². The Labute approximate surface area is 137 Å². The van der Waals surface area contributed by atoms with E-state index >= 15 is 0 Å². The first-order valence-electron chi connectivity index (χ1n) is 8.84. The Morgan fingerprint density at radius 2 is 1.96 bits per heavy atom. The van der Waals surface area contributed by atoms with Crippen LogP contribution in [0.1, 0.15) is 55.3 Å². The number of hydrogen-bond donors (Lipinski definition) is 0. The maximum atomic E-state index is 13.0. The third-order valence-corrected chi connectivity index (χ3v) is 5.05. The van der Waals surface area contributed by atoms with Crippen molar-refractivity contribution in [3.05, 3.63) is 23.9 Å². The molecule has 5 nitrogen and oxygen atoms in total. The summed E-state index contributed by atoms with van der Waals surface area (Å²) in [4.78, 5) is 19.4. The second-order valence-electron chi connectivity index (χ2n) is 6.87. The Kier molecular flexibility index (Phi) is 4.21. The van der Waals surface area contributed by atoms with E-state index in [1.165, 1.54) is 12.8 Å². The molecule has 0 unspecified atom stereocenters. The third-order valence-electron chi connectivity index (χ3n) is 5.05. The van der Waals surface area contributed by atoms with Gasteiger partial charge >= 0.3 is 0 Å². The maximum absolute atomic E-state index is 13.0. The smallest absolute Gasteiger partial charge is 0.254 e. The van der Waals surface area contributed by atoms with E-state index in [-0.39, 0.29) is 12.0 Å². The third kappa shape index (κ3) is 3.34. The normalized spacial score (nSPS) is 24.8. The highest BCUT2D eigenvalue weighted by Gasteiger charge is 2.38. The molecule has 1 aromatic rings. The van der Waals surface area contributed by atoms with Gasteiger partial charge in [0.1, 0.15) is 6.10 Å². The van der Waals surface area contributed by atoms with Crippen LogP contribution in [0.3, 0.4) is 0 Å². The Morgan fingerprint density at radius 1 is 1.17 bits per heavy atom. The van der Waals surface area contributed by atoms with Crippen molar-refractivity contribution in [1.82, 2.24) is 9.88 Å². The number of rotatable bonds is 5. The standard InChI is InChI=1S/C18H24N2O3/c21-18(20(15-5-6-15)14-3-1-2-4-14)13-7-9-19-17(11-13)23-16-8-10-22-12-16/h7,9,11,14-16H,1-6,8,10,12H2/t16-/m1/s1. The SMILES string of the molecule is O=C(c1ccnc(O[C@@H]2CCOC2)c1)N(C1CCCC1)C1CC1. The zero-order valence-corrected chi connectivity index (χ0v) is 13.4. The first-order valence-corrected chi connectivity index (χ1v) is 8.84. The van der Waals surface area contributed by atoms with Crippen molar-refractivity contribution in [2.45, 2.75) is 63.1 Å². The van der Waals surface area contributed by atoms with Crippen LogP contribution in [0.4, 0.5) is 0 Å². The minimum atomic E-state index is 0.0576. The van der Waals surface area contributed by atoms with Gasteiger partial charge in [0.2, 0.25) is 5.88 Å². The molecule has 3 aliphatic rings. The first kappa shape index (κ1) is 14.9. The molecule has 2 saturated carbocycles.